The second kappa shape index (κ2) is 1.78. The van der Waals surface area contributed by atoms with Gasteiger partial charge in [-0.2, -0.15) is 0 Å². The molecule has 2 nitrogen and oxygen atoms in total. The average molecular weight is 95.1 g/mol. The number of aromatic amines is 1. The molecule has 0 aliphatic rings. The summed E-state index contributed by atoms with van der Waals surface area (Å²) in [4.78, 5) is 6.83. The number of hydrogen-bond acceptors (Lipinski definition) is 1. The van der Waals surface area contributed by atoms with Gasteiger partial charge in [0, 0.05) is 18.8 Å². The Bertz CT molecular complexity index is 121. The minimum Gasteiger partial charge on any atom is -0.349 e. The van der Waals surface area contributed by atoms with Crippen LogP contribution in [0.5, 0.6) is 0 Å². The SMILES string of the molecule is [CH2]Cc1ncc[nH]1. The smallest absolute Gasteiger partial charge is 0.105 e. The summed E-state index contributed by atoms with van der Waals surface area (Å²) in [6, 6.07) is 0. The molecule has 1 radical (unpaired) electrons. The Morgan fingerprint density at radius 1 is 1.86 bits per heavy atom. The third kappa shape index (κ3) is 0.796. The predicted molar refractivity (Wildman–Crippen MR) is 27.6 cm³/mol. The van der Waals surface area contributed by atoms with E-state index in [1.54, 1.807) is 12.4 Å². The van der Waals surface area contributed by atoms with Crippen molar-refractivity contribution in [3.8, 4) is 0 Å². The highest BCUT2D eigenvalue weighted by Crippen LogP contribution is 1.85. The monoisotopic (exact) mass is 95.1 g/mol. The zero-order valence-electron chi connectivity index (χ0n) is 4.02. The van der Waals surface area contributed by atoms with Gasteiger partial charge >= 0.3 is 0 Å². The van der Waals surface area contributed by atoms with Crippen molar-refractivity contribution < 1.29 is 0 Å². The molecule has 1 rings (SSSR count). The average Bonchev–Trinajstić information content (AvgIpc) is 2.14. The first-order chi connectivity index (χ1) is 3.43. The molecular weight excluding hydrogens is 88.1 g/mol. The maximum absolute atomic E-state index is 3.92. The van der Waals surface area contributed by atoms with Crippen molar-refractivity contribution in [2.75, 3.05) is 0 Å². The summed E-state index contributed by atoms with van der Waals surface area (Å²) in [5, 5.41) is 0. The van der Waals surface area contributed by atoms with Crippen LogP contribution in [0.15, 0.2) is 12.4 Å². The van der Waals surface area contributed by atoms with Gasteiger partial charge in [0.15, 0.2) is 0 Å². The summed E-state index contributed by atoms with van der Waals surface area (Å²) in [7, 11) is 0. The van der Waals surface area contributed by atoms with Gasteiger partial charge in [-0.3, -0.25) is 0 Å². The molecule has 2 heteroatoms. The third-order valence-corrected chi connectivity index (χ3v) is 0.792. The molecule has 1 heterocycles. The molecule has 1 N–H and O–H groups in total. The molecule has 0 spiro atoms. The maximum atomic E-state index is 3.92. The third-order valence-electron chi connectivity index (χ3n) is 0.792. The molecule has 0 aliphatic carbocycles. The lowest BCUT2D eigenvalue weighted by molar-refractivity contribution is 1.06. The summed E-state index contributed by atoms with van der Waals surface area (Å²) in [5.74, 6) is 0.944. The zero-order chi connectivity index (χ0) is 5.11. The van der Waals surface area contributed by atoms with Crippen LogP contribution < -0.4 is 0 Å². The first kappa shape index (κ1) is 4.37. The molecule has 1 aromatic rings. The Kier molecular flexibility index (Phi) is 1.11. The van der Waals surface area contributed by atoms with E-state index in [-0.39, 0.29) is 0 Å². The number of aromatic nitrogens is 2. The van der Waals surface area contributed by atoms with Gasteiger partial charge in [-0.25, -0.2) is 4.98 Å². The Morgan fingerprint density at radius 2 is 2.71 bits per heavy atom. The Hall–Kier alpha value is -0.790. The van der Waals surface area contributed by atoms with Crippen LogP contribution in [0.2, 0.25) is 0 Å². The highest BCUT2D eigenvalue weighted by atomic mass is 14.9. The van der Waals surface area contributed by atoms with Crippen molar-refractivity contribution in [1.29, 1.82) is 0 Å². The number of rotatable bonds is 1. The van der Waals surface area contributed by atoms with Crippen molar-refractivity contribution in [2.45, 2.75) is 6.42 Å². The van der Waals surface area contributed by atoms with Crippen LogP contribution in [0, 0.1) is 6.92 Å². The van der Waals surface area contributed by atoms with E-state index in [9.17, 15) is 0 Å². The van der Waals surface area contributed by atoms with E-state index in [1.165, 1.54) is 0 Å². The number of nitrogens with zero attached hydrogens (tertiary/aromatic N) is 1. The molecule has 0 bridgehead atoms. The fourth-order valence-corrected chi connectivity index (χ4v) is 0.435. The molecule has 0 fully saturated rings. The second-order valence-electron chi connectivity index (χ2n) is 1.29. The first-order valence-corrected chi connectivity index (χ1v) is 2.21. The van der Waals surface area contributed by atoms with Crippen LogP contribution in [-0.2, 0) is 6.42 Å². The zero-order valence-corrected chi connectivity index (χ0v) is 4.02. The standard InChI is InChI=1S/C5H7N2/c1-2-5-6-3-4-7-5/h3-4H,1-2H2,(H,6,7). The first-order valence-electron chi connectivity index (χ1n) is 2.21. The lowest BCUT2D eigenvalue weighted by atomic mass is 10.5. The molecule has 0 aromatic carbocycles. The van der Waals surface area contributed by atoms with E-state index < -0.39 is 0 Å². The molecule has 0 aliphatic heterocycles. The minimum atomic E-state index is 0.743. The summed E-state index contributed by atoms with van der Waals surface area (Å²) < 4.78 is 0. The van der Waals surface area contributed by atoms with Gasteiger partial charge in [0.1, 0.15) is 5.82 Å². The van der Waals surface area contributed by atoms with E-state index >= 15 is 0 Å². The normalized spacial score (nSPS) is 9.29. The minimum absolute atomic E-state index is 0.743. The van der Waals surface area contributed by atoms with E-state index in [2.05, 4.69) is 16.9 Å². The van der Waals surface area contributed by atoms with Crippen molar-refractivity contribution in [2.24, 2.45) is 0 Å². The van der Waals surface area contributed by atoms with Gasteiger partial charge in [0.2, 0.25) is 0 Å². The number of nitrogens with one attached hydrogen (secondary N) is 1. The Morgan fingerprint density at radius 3 is 3.00 bits per heavy atom. The molecule has 37 valence electrons. The van der Waals surface area contributed by atoms with E-state index in [4.69, 9.17) is 0 Å². The number of H-pyrrole nitrogens is 1. The Balaban J connectivity index is 2.76. The predicted octanol–water partition coefficient (Wildman–Crippen LogP) is 0.786. The summed E-state index contributed by atoms with van der Waals surface area (Å²) in [5.41, 5.74) is 0. The molecule has 0 unspecified atom stereocenters. The van der Waals surface area contributed by atoms with Crippen LogP contribution in [0.25, 0.3) is 0 Å². The second-order valence-corrected chi connectivity index (χ2v) is 1.29. The fourth-order valence-electron chi connectivity index (χ4n) is 0.435. The molecule has 1 aromatic heterocycles. The largest absolute Gasteiger partial charge is 0.349 e. The highest BCUT2D eigenvalue weighted by Gasteiger charge is 1.82. The summed E-state index contributed by atoms with van der Waals surface area (Å²) in [6.07, 6.45) is 4.26. The van der Waals surface area contributed by atoms with Crippen molar-refractivity contribution in [3.63, 3.8) is 0 Å². The lowest BCUT2D eigenvalue weighted by Gasteiger charge is -1.79. The van der Waals surface area contributed by atoms with Gasteiger partial charge in [-0.1, -0.05) is 0 Å². The number of hydrogen-bond donors (Lipinski definition) is 1. The van der Waals surface area contributed by atoms with Gasteiger partial charge < -0.3 is 4.98 Å². The molecular formula is C5H7N2. The summed E-state index contributed by atoms with van der Waals surface area (Å²) >= 11 is 0. The quantitative estimate of drug-likeness (QED) is 0.548. The van der Waals surface area contributed by atoms with E-state index in [0.717, 1.165) is 12.2 Å². The molecule has 7 heavy (non-hydrogen) atoms. The van der Waals surface area contributed by atoms with E-state index in [0.29, 0.717) is 0 Å². The van der Waals surface area contributed by atoms with Gasteiger partial charge in [-0.05, 0) is 6.92 Å². The van der Waals surface area contributed by atoms with Crippen LogP contribution in [0.3, 0.4) is 0 Å². The Labute approximate surface area is 42.6 Å². The van der Waals surface area contributed by atoms with E-state index in [1.807, 2.05) is 0 Å². The lowest BCUT2D eigenvalue weighted by Crippen LogP contribution is -1.79. The van der Waals surface area contributed by atoms with Crippen molar-refractivity contribution in [1.82, 2.24) is 9.97 Å². The molecule has 0 amide bonds. The number of imidazole rings is 1. The molecule has 0 atom stereocenters. The fraction of sp³-hybridized carbons (Fsp3) is 0.200. The highest BCUT2D eigenvalue weighted by molar-refractivity contribution is 4.87. The van der Waals surface area contributed by atoms with Crippen molar-refractivity contribution >= 4 is 0 Å². The summed E-state index contributed by atoms with van der Waals surface area (Å²) in [6.45, 7) is 3.63. The van der Waals surface area contributed by atoms with Crippen LogP contribution in [-0.4, -0.2) is 9.97 Å². The molecule has 0 saturated heterocycles. The van der Waals surface area contributed by atoms with Gasteiger partial charge in [0.05, 0.1) is 0 Å². The van der Waals surface area contributed by atoms with Crippen LogP contribution in [0.1, 0.15) is 5.82 Å². The van der Waals surface area contributed by atoms with Crippen LogP contribution in [0.4, 0.5) is 0 Å². The topological polar surface area (TPSA) is 28.7 Å². The maximum Gasteiger partial charge on any atom is 0.105 e. The van der Waals surface area contributed by atoms with Crippen molar-refractivity contribution in [3.05, 3.63) is 25.1 Å². The molecule has 0 saturated carbocycles. The van der Waals surface area contributed by atoms with Gasteiger partial charge in [0.25, 0.3) is 0 Å². The van der Waals surface area contributed by atoms with Crippen LogP contribution >= 0.6 is 0 Å². The van der Waals surface area contributed by atoms with Gasteiger partial charge in [-0.15, -0.1) is 0 Å².